The fourth-order valence-electron chi connectivity index (χ4n) is 2.68. The van der Waals surface area contributed by atoms with Crippen molar-refractivity contribution < 1.29 is 23.5 Å². The van der Waals surface area contributed by atoms with E-state index in [0.717, 1.165) is 5.69 Å². The number of furan rings is 1. The van der Waals surface area contributed by atoms with Crippen LogP contribution in [0.1, 0.15) is 38.8 Å². The van der Waals surface area contributed by atoms with Crippen LogP contribution in [0.5, 0.6) is 5.75 Å². The standard InChI is InChI=1S/C21H22ClN3O5/c1-14-18(22)12-25(24-14)11-3-10-23-20(26)19-9-8-17(30-19)13-29-16-6-4-15(5-7-16)21(27)28-2/h4-9,12H,3,10-11,13H2,1-2H3,(H,23,26). The van der Waals surface area contributed by atoms with Crippen LogP contribution >= 0.6 is 11.6 Å². The lowest BCUT2D eigenvalue weighted by Crippen LogP contribution is -2.24. The fourth-order valence-corrected chi connectivity index (χ4v) is 2.83. The molecule has 8 nitrogen and oxygen atoms in total. The summed E-state index contributed by atoms with van der Waals surface area (Å²) in [4.78, 5) is 23.6. The van der Waals surface area contributed by atoms with Crippen molar-refractivity contribution >= 4 is 23.5 Å². The lowest BCUT2D eigenvalue weighted by molar-refractivity contribution is 0.0600. The summed E-state index contributed by atoms with van der Waals surface area (Å²) in [5, 5.41) is 7.71. The Hall–Kier alpha value is -3.26. The van der Waals surface area contributed by atoms with E-state index in [-0.39, 0.29) is 18.3 Å². The molecule has 0 unspecified atom stereocenters. The molecule has 0 radical (unpaired) electrons. The Labute approximate surface area is 178 Å². The highest BCUT2D eigenvalue weighted by atomic mass is 35.5. The summed E-state index contributed by atoms with van der Waals surface area (Å²) < 4.78 is 17.6. The Morgan fingerprint density at radius 1 is 1.20 bits per heavy atom. The predicted octanol–water partition coefficient (Wildman–Crippen LogP) is 3.62. The Morgan fingerprint density at radius 2 is 1.97 bits per heavy atom. The second-order valence-corrected chi connectivity index (χ2v) is 6.91. The van der Waals surface area contributed by atoms with Crippen molar-refractivity contribution in [2.45, 2.75) is 26.5 Å². The zero-order valence-electron chi connectivity index (χ0n) is 16.7. The largest absolute Gasteiger partial charge is 0.486 e. The van der Waals surface area contributed by atoms with E-state index in [0.29, 0.717) is 41.6 Å². The molecule has 158 valence electrons. The highest BCUT2D eigenvalue weighted by molar-refractivity contribution is 6.31. The number of aryl methyl sites for hydroxylation is 2. The van der Waals surface area contributed by atoms with Crippen molar-refractivity contribution in [3.05, 3.63) is 70.4 Å². The molecule has 30 heavy (non-hydrogen) atoms. The summed E-state index contributed by atoms with van der Waals surface area (Å²) in [5.41, 5.74) is 1.22. The number of hydrogen-bond acceptors (Lipinski definition) is 6. The molecule has 2 aromatic heterocycles. The molecule has 0 fully saturated rings. The van der Waals surface area contributed by atoms with Crippen LogP contribution in [0.2, 0.25) is 5.02 Å². The number of rotatable bonds is 9. The molecule has 3 aromatic rings. The number of nitrogens with zero attached hydrogens (tertiary/aromatic N) is 2. The third kappa shape index (κ3) is 5.64. The van der Waals surface area contributed by atoms with Gasteiger partial charge in [-0.2, -0.15) is 5.10 Å². The van der Waals surface area contributed by atoms with Crippen LogP contribution in [-0.2, 0) is 17.9 Å². The van der Waals surface area contributed by atoms with Crippen LogP contribution in [0.25, 0.3) is 0 Å². The van der Waals surface area contributed by atoms with Gasteiger partial charge in [0.05, 0.1) is 23.4 Å². The molecule has 0 saturated heterocycles. The van der Waals surface area contributed by atoms with Crippen LogP contribution in [0.15, 0.2) is 47.0 Å². The number of esters is 1. The highest BCUT2D eigenvalue weighted by Crippen LogP contribution is 2.16. The molecule has 1 aromatic carbocycles. The van der Waals surface area contributed by atoms with Crippen LogP contribution < -0.4 is 10.1 Å². The van der Waals surface area contributed by atoms with E-state index in [2.05, 4.69) is 15.2 Å². The van der Waals surface area contributed by atoms with Crippen LogP contribution in [-0.4, -0.2) is 35.3 Å². The zero-order valence-corrected chi connectivity index (χ0v) is 17.4. The molecule has 2 heterocycles. The average molecular weight is 432 g/mol. The molecule has 0 aliphatic heterocycles. The van der Waals surface area contributed by atoms with Gasteiger partial charge in [-0.25, -0.2) is 4.79 Å². The van der Waals surface area contributed by atoms with Gasteiger partial charge in [0.25, 0.3) is 5.91 Å². The number of halogens is 1. The molecule has 3 rings (SSSR count). The molecule has 0 saturated carbocycles. The van der Waals surface area contributed by atoms with Gasteiger partial charge in [0, 0.05) is 19.3 Å². The Balaban J connectivity index is 1.42. The number of ether oxygens (including phenoxy) is 2. The van der Waals surface area contributed by atoms with Gasteiger partial charge in [0.1, 0.15) is 18.1 Å². The van der Waals surface area contributed by atoms with E-state index in [1.807, 2.05) is 6.92 Å². The topological polar surface area (TPSA) is 95.6 Å². The molecule has 0 aliphatic carbocycles. The minimum absolute atomic E-state index is 0.157. The minimum Gasteiger partial charge on any atom is -0.486 e. The Morgan fingerprint density at radius 3 is 2.63 bits per heavy atom. The molecular formula is C21H22ClN3O5. The lowest BCUT2D eigenvalue weighted by atomic mass is 10.2. The van der Waals surface area contributed by atoms with E-state index < -0.39 is 5.97 Å². The monoisotopic (exact) mass is 431 g/mol. The van der Waals surface area contributed by atoms with Crippen LogP contribution in [0, 0.1) is 6.92 Å². The number of carbonyl (C=O) groups excluding carboxylic acids is 2. The van der Waals surface area contributed by atoms with Crippen molar-refractivity contribution in [2.75, 3.05) is 13.7 Å². The zero-order chi connectivity index (χ0) is 21.5. The molecule has 9 heteroatoms. The second kappa shape index (κ2) is 9.98. The third-order valence-corrected chi connectivity index (χ3v) is 4.65. The van der Waals surface area contributed by atoms with Gasteiger partial charge in [-0.15, -0.1) is 0 Å². The van der Waals surface area contributed by atoms with E-state index >= 15 is 0 Å². The van der Waals surface area contributed by atoms with Gasteiger partial charge < -0.3 is 19.2 Å². The maximum Gasteiger partial charge on any atom is 0.337 e. The normalized spacial score (nSPS) is 10.6. The molecular weight excluding hydrogens is 410 g/mol. The van der Waals surface area contributed by atoms with Gasteiger partial charge in [-0.1, -0.05) is 11.6 Å². The van der Waals surface area contributed by atoms with E-state index in [4.69, 9.17) is 20.8 Å². The Bertz CT molecular complexity index is 991. The van der Waals surface area contributed by atoms with E-state index in [1.54, 1.807) is 47.3 Å². The Kier molecular flexibility index (Phi) is 7.13. The second-order valence-electron chi connectivity index (χ2n) is 6.51. The molecule has 0 bridgehead atoms. The summed E-state index contributed by atoms with van der Waals surface area (Å²) in [5.74, 6) is 0.593. The summed E-state index contributed by atoms with van der Waals surface area (Å²) in [6.07, 6.45) is 2.47. The smallest absolute Gasteiger partial charge is 0.337 e. The van der Waals surface area contributed by atoms with Gasteiger partial charge in [-0.3, -0.25) is 9.48 Å². The molecule has 1 N–H and O–H groups in total. The number of methoxy groups -OCH3 is 1. The summed E-state index contributed by atoms with van der Waals surface area (Å²) >= 11 is 5.97. The van der Waals surface area contributed by atoms with E-state index in [9.17, 15) is 9.59 Å². The maximum absolute atomic E-state index is 12.2. The first-order valence-electron chi connectivity index (χ1n) is 9.34. The third-order valence-electron chi connectivity index (χ3n) is 4.28. The number of benzene rings is 1. The first kappa shape index (κ1) is 21.4. The summed E-state index contributed by atoms with van der Waals surface area (Å²) in [6.45, 7) is 3.13. The van der Waals surface area contributed by atoms with Crippen LogP contribution in [0.4, 0.5) is 0 Å². The summed E-state index contributed by atoms with van der Waals surface area (Å²) in [6, 6.07) is 9.84. The molecule has 0 atom stereocenters. The van der Waals surface area contributed by atoms with Gasteiger partial charge in [-0.05, 0) is 49.7 Å². The first-order valence-corrected chi connectivity index (χ1v) is 9.71. The van der Waals surface area contributed by atoms with Crippen molar-refractivity contribution in [3.8, 4) is 5.75 Å². The number of aromatic nitrogens is 2. The van der Waals surface area contributed by atoms with Crippen molar-refractivity contribution in [3.63, 3.8) is 0 Å². The van der Waals surface area contributed by atoms with Crippen LogP contribution in [0.3, 0.4) is 0 Å². The first-order chi connectivity index (χ1) is 14.5. The predicted molar refractivity (Wildman–Crippen MR) is 110 cm³/mol. The minimum atomic E-state index is -0.410. The number of hydrogen-bond donors (Lipinski definition) is 1. The number of nitrogens with one attached hydrogen (secondary N) is 1. The van der Waals surface area contributed by atoms with Gasteiger partial charge >= 0.3 is 5.97 Å². The fraction of sp³-hybridized carbons (Fsp3) is 0.286. The van der Waals surface area contributed by atoms with Crippen molar-refractivity contribution in [1.82, 2.24) is 15.1 Å². The van der Waals surface area contributed by atoms with E-state index in [1.165, 1.54) is 7.11 Å². The quantitative estimate of drug-likeness (QED) is 0.410. The molecule has 1 amide bonds. The summed E-state index contributed by atoms with van der Waals surface area (Å²) in [7, 11) is 1.33. The molecule has 0 aliphatic rings. The maximum atomic E-state index is 12.2. The van der Waals surface area contributed by atoms with Gasteiger partial charge in [0.2, 0.25) is 0 Å². The highest BCUT2D eigenvalue weighted by Gasteiger charge is 2.12. The SMILES string of the molecule is COC(=O)c1ccc(OCc2ccc(C(=O)NCCCn3cc(Cl)c(C)n3)o2)cc1. The number of carbonyl (C=O) groups is 2. The van der Waals surface area contributed by atoms with Gasteiger partial charge in [0.15, 0.2) is 5.76 Å². The van der Waals surface area contributed by atoms with Crippen molar-refractivity contribution in [1.29, 1.82) is 0 Å². The lowest BCUT2D eigenvalue weighted by Gasteiger charge is -2.05. The number of amides is 1. The van der Waals surface area contributed by atoms with Crippen molar-refractivity contribution in [2.24, 2.45) is 0 Å². The molecule has 0 spiro atoms. The average Bonchev–Trinajstić information content (AvgIpc) is 3.36.